The number of alkyl carbamates (subject to hydrolysis) is 1. The van der Waals surface area contributed by atoms with E-state index in [4.69, 9.17) is 18.9 Å². The van der Waals surface area contributed by atoms with Crippen molar-refractivity contribution in [1.29, 1.82) is 0 Å². The van der Waals surface area contributed by atoms with Crippen molar-refractivity contribution >= 4 is 18.0 Å². The molecular weight excluding hydrogens is 660 g/mol. The van der Waals surface area contributed by atoms with Gasteiger partial charge in [0.25, 0.3) is 0 Å². The van der Waals surface area contributed by atoms with Crippen molar-refractivity contribution in [2.45, 2.75) is 30.6 Å². The maximum absolute atomic E-state index is 13.7. The number of hydrogen-bond donors (Lipinski definition) is 3. The molecule has 0 heterocycles. The second kappa shape index (κ2) is 15.8. The monoisotopic (exact) mass is 700 g/mol. The van der Waals surface area contributed by atoms with Gasteiger partial charge in [-0.3, -0.25) is 9.59 Å². The number of carboxylic acid groups (broad SMARTS) is 1. The smallest absolute Gasteiger partial charge is 0.407 e. The third kappa shape index (κ3) is 7.33. The lowest BCUT2D eigenvalue weighted by Gasteiger charge is -2.40. The van der Waals surface area contributed by atoms with Crippen molar-refractivity contribution in [3.8, 4) is 22.6 Å². The molecule has 2 atom stereocenters. The number of amides is 2. The standard InChI is InChI=1S/C42H40N2O8/c1-27(52-42(28-11-5-4-6-12-28,29-17-21-31(49-2)22-18-29)30-19-23-32(50-3)24-20-30)39(40(47)43-25-38(45)46)44-41(48)51-26-37-35-15-9-7-13-33(35)34-14-8-10-16-36(34)37/h4-24,27,37,39H,25-26H2,1-3H3,(H,43,47)(H,44,48)(H,45,46)/t27-,39+/m1/s1. The molecule has 5 aromatic carbocycles. The third-order valence-electron chi connectivity index (χ3n) is 9.32. The predicted octanol–water partition coefficient (Wildman–Crippen LogP) is 6.51. The van der Waals surface area contributed by atoms with E-state index in [1.165, 1.54) is 0 Å². The van der Waals surface area contributed by atoms with Crippen LogP contribution in [0.1, 0.15) is 40.7 Å². The van der Waals surface area contributed by atoms with Crippen molar-refractivity contribution in [1.82, 2.24) is 10.6 Å². The molecule has 10 heteroatoms. The molecule has 2 amide bonds. The molecule has 0 spiro atoms. The lowest BCUT2D eigenvalue weighted by molar-refractivity contribution is -0.139. The SMILES string of the molecule is COc1ccc(C(O[C@H](C)[C@H](NC(=O)OCC2c3ccccc3-c3ccccc32)C(=O)NCC(=O)O)(c2ccccc2)c2ccc(OC)cc2)cc1. The molecule has 0 saturated carbocycles. The van der Waals surface area contributed by atoms with Gasteiger partial charge in [0, 0.05) is 5.92 Å². The van der Waals surface area contributed by atoms with Crippen LogP contribution in [-0.2, 0) is 24.7 Å². The molecule has 1 aliphatic carbocycles. The van der Waals surface area contributed by atoms with Crippen LogP contribution in [0.5, 0.6) is 11.5 Å². The average Bonchev–Trinajstić information content (AvgIpc) is 3.51. The van der Waals surface area contributed by atoms with Crippen molar-refractivity contribution < 1.29 is 38.4 Å². The molecule has 0 saturated heterocycles. The minimum absolute atomic E-state index is 0.0181. The van der Waals surface area contributed by atoms with E-state index in [0.29, 0.717) is 22.6 Å². The van der Waals surface area contributed by atoms with E-state index in [2.05, 4.69) is 10.6 Å². The highest BCUT2D eigenvalue weighted by atomic mass is 16.6. The van der Waals surface area contributed by atoms with E-state index in [0.717, 1.165) is 27.8 Å². The van der Waals surface area contributed by atoms with E-state index >= 15 is 0 Å². The van der Waals surface area contributed by atoms with Crippen molar-refractivity contribution in [3.05, 3.63) is 155 Å². The largest absolute Gasteiger partial charge is 0.497 e. The molecule has 1 aliphatic rings. The van der Waals surface area contributed by atoms with Gasteiger partial charge in [0.15, 0.2) is 0 Å². The second-order valence-electron chi connectivity index (χ2n) is 12.4. The molecular formula is C42H40N2O8. The normalized spacial score (nSPS) is 13.2. The molecule has 10 nitrogen and oxygen atoms in total. The van der Waals surface area contributed by atoms with E-state index in [1.54, 1.807) is 21.1 Å². The summed E-state index contributed by atoms with van der Waals surface area (Å²) in [5.74, 6) is -0.929. The summed E-state index contributed by atoms with van der Waals surface area (Å²) in [6.45, 7) is 1.01. The van der Waals surface area contributed by atoms with Crippen LogP contribution >= 0.6 is 0 Å². The zero-order valence-corrected chi connectivity index (χ0v) is 29.1. The van der Waals surface area contributed by atoms with Gasteiger partial charge in [-0.15, -0.1) is 0 Å². The van der Waals surface area contributed by atoms with E-state index in [9.17, 15) is 19.5 Å². The fourth-order valence-corrected chi connectivity index (χ4v) is 6.81. The van der Waals surface area contributed by atoms with Gasteiger partial charge in [-0.05, 0) is 70.1 Å². The number of ether oxygens (including phenoxy) is 4. The van der Waals surface area contributed by atoms with Crippen LogP contribution in [0.4, 0.5) is 4.79 Å². The number of carbonyl (C=O) groups excluding carboxylic acids is 2. The zero-order chi connectivity index (χ0) is 36.7. The summed E-state index contributed by atoms with van der Waals surface area (Å²) in [6.07, 6.45) is -1.90. The molecule has 0 radical (unpaired) electrons. The molecule has 266 valence electrons. The summed E-state index contributed by atoms with van der Waals surface area (Å²) in [5, 5.41) is 14.5. The van der Waals surface area contributed by atoms with Crippen LogP contribution in [0.25, 0.3) is 11.1 Å². The van der Waals surface area contributed by atoms with Crippen molar-refractivity contribution in [3.63, 3.8) is 0 Å². The van der Waals surface area contributed by atoms with Crippen LogP contribution in [0.15, 0.2) is 127 Å². The summed E-state index contributed by atoms with van der Waals surface area (Å²) >= 11 is 0. The molecule has 6 rings (SSSR count). The molecule has 5 aromatic rings. The highest BCUT2D eigenvalue weighted by Crippen LogP contribution is 2.45. The first-order valence-electron chi connectivity index (χ1n) is 16.9. The van der Waals surface area contributed by atoms with Crippen LogP contribution in [0.2, 0.25) is 0 Å². The highest BCUT2D eigenvalue weighted by molar-refractivity contribution is 5.88. The lowest BCUT2D eigenvalue weighted by atomic mass is 9.79. The Morgan fingerprint density at radius 3 is 1.67 bits per heavy atom. The maximum atomic E-state index is 13.7. The van der Waals surface area contributed by atoms with Gasteiger partial charge in [0.1, 0.15) is 36.3 Å². The number of nitrogens with one attached hydrogen (secondary N) is 2. The Hall–Kier alpha value is -6.13. The number of aliphatic carboxylic acids is 1. The first kappa shape index (κ1) is 35.7. The van der Waals surface area contributed by atoms with Gasteiger partial charge >= 0.3 is 12.1 Å². The second-order valence-corrected chi connectivity index (χ2v) is 12.4. The summed E-state index contributed by atoms with van der Waals surface area (Å²) < 4.78 is 23.7. The van der Waals surface area contributed by atoms with Crippen LogP contribution < -0.4 is 20.1 Å². The minimum atomic E-state index is -1.37. The molecule has 0 bridgehead atoms. The third-order valence-corrected chi connectivity index (χ3v) is 9.32. The number of rotatable bonds is 14. The Bertz CT molecular complexity index is 1920. The summed E-state index contributed by atoms with van der Waals surface area (Å²) in [7, 11) is 3.16. The summed E-state index contributed by atoms with van der Waals surface area (Å²) in [5.41, 5.74) is 5.07. The quantitative estimate of drug-likeness (QED) is 0.112. The number of methoxy groups -OCH3 is 2. The Labute approximate surface area is 302 Å². The van der Waals surface area contributed by atoms with Crippen LogP contribution in [-0.4, -0.2) is 62.6 Å². The molecule has 0 aromatic heterocycles. The Morgan fingerprint density at radius 1 is 0.692 bits per heavy atom. The topological polar surface area (TPSA) is 132 Å². The fraction of sp³-hybridized carbons (Fsp3) is 0.214. The fourth-order valence-electron chi connectivity index (χ4n) is 6.81. The van der Waals surface area contributed by atoms with Crippen LogP contribution in [0.3, 0.4) is 0 Å². The number of fused-ring (bicyclic) bond motifs is 3. The molecule has 3 N–H and O–H groups in total. The first-order valence-corrected chi connectivity index (χ1v) is 16.9. The predicted molar refractivity (Wildman–Crippen MR) is 195 cm³/mol. The lowest BCUT2D eigenvalue weighted by Crippen LogP contribution is -2.55. The Balaban J connectivity index is 1.34. The van der Waals surface area contributed by atoms with Crippen molar-refractivity contribution in [2.24, 2.45) is 0 Å². The highest BCUT2D eigenvalue weighted by Gasteiger charge is 2.42. The molecule has 0 aliphatic heterocycles. The molecule has 52 heavy (non-hydrogen) atoms. The van der Waals surface area contributed by atoms with Gasteiger partial charge in [-0.2, -0.15) is 0 Å². The number of benzene rings is 5. The zero-order valence-electron chi connectivity index (χ0n) is 29.1. The Kier molecular flexibility index (Phi) is 10.9. The van der Waals surface area contributed by atoms with E-state index in [-0.39, 0.29) is 12.5 Å². The summed E-state index contributed by atoms with van der Waals surface area (Å²) in [4.78, 5) is 38.8. The maximum Gasteiger partial charge on any atom is 0.407 e. The molecule has 0 fully saturated rings. The van der Waals surface area contributed by atoms with Gasteiger partial charge in [0.05, 0.1) is 20.3 Å². The number of hydrogen-bond acceptors (Lipinski definition) is 7. The van der Waals surface area contributed by atoms with Crippen molar-refractivity contribution in [2.75, 3.05) is 27.4 Å². The van der Waals surface area contributed by atoms with Gasteiger partial charge < -0.3 is 34.7 Å². The molecule has 0 unspecified atom stereocenters. The Morgan fingerprint density at radius 2 is 1.17 bits per heavy atom. The van der Waals surface area contributed by atoms with Gasteiger partial charge in [0.2, 0.25) is 5.91 Å². The van der Waals surface area contributed by atoms with E-state index in [1.807, 2.05) is 127 Å². The first-order chi connectivity index (χ1) is 25.2. The van der Waals surface area contributed by atoms with Gasteiger partial charge in [-0.25, -0.2) is 4.79 Å². The van der Waals surface area contributed by atoms with E-state index < -0.39 is 42.3 Å². The number of carboxylic acids is 1. The number of carbonyl (C=O) groups is 3. The summed E-state index contributed by atoms with van der Waals surface area (Å²) in [6, 6.07) is 38.9. The average molecular weight is 701 g/mol. The minimum Gasteiger partial charge on any atom is -0.497 e. The van der Waals surface area contributed by atoms with Gasteiger partial charge in [-0.1, -0.05) is 103 Å². The van der Waals surface area contributed by atoms with Crippen LogP contribution in [0, 0.1) is 0 Å².